The molecule has 2 amide bonds. The van der Waals surface area contributed by atoms with Gasteiger partial charge in [-0.25, -0.2) is 18.0 Å². The molecule has 3 aromatic rings. The molecule has 0 radical (unpaired) electrons. The van der Waals surface area contributed by atoms with Gasteiger partial charge in [0.15, 0.2) is 6.29 Å². The second-order valence-electron chi connectivity index (χ2n) is 11.8. The van der Waals surface area contributed by atoms with Crippen LogP contribution in [0.4, 0.5) is 9.59 Å². The molecule has 4 N–H and O–H groups in total. The summed E-state index contributed by atoms with van der Waals surface area (Å²) in [6.45, 7) is 4.20. The van der Waals surface area contributed by atoms with Crippen LogP contribution >= 0.6 is 0 Å². The van der Waals surface area contributed by atoms with Crippen molar-refractivity contribution < 1.29 is 46.8 Å². The third-order valence-corrected chi connectivity index (χ3v) is 9.79. The van der Waals surface area contributed by atoms with Crippen LogP contribution in [0, 0.1) is 11.8 Å². The third kappa shape index (κ3) is 7.94. The highest BCUT2D eigenvalue weighted by Gasteiger charge is 2.44. The molecule has 45 heavy (non-hydrogen) atoms. The number of nitrogens with zero attached hydrogens (tertiary/aromatic N) is 1. The highest BCUT2D eigenvalue weighted by Crippen LogP contribution is 2.33. The fraction of sp³-hybridized carbons (Fsp3) is 0.484. The summed E-state index contributed by atoms with van der Waals surface area (Å²) < 4.78 is 51.5. The minimum Gasteiger partial charge on any atom is -0.465 e. The lowest BCUT2D eigenvalue weighted by atomic mass is 10.0. The first kappa shape index (κ1) is 32.7. The molecule has 2 saturated heterocycles. The maximum atomic E-state index is 14.0. The molecule has 2 fully saturated rings. The molecule has 2 aromatic carbocycles. The molecule has 5 rings (SSSR count). The second-order valence-corrected chi connectivity index (χ2v) is 13.7. The second kappa shape index (κ2) is 14.2. The molecule has 3 heterocycles. The van der Waals surface area contributed by atoms with Gasteiger partial charge >= 0.3 is 12.2 Å². The van der Waals surface area contributed by atoms with Gasteiger partial charge in [-0.05, 0) is 42.5 Å². The Hall–Kier alpha value is -3.69. The fourth-order valence-electron chi connectivity index (χ4n) is 5.71. The fourth-order valence-corrected chi connectivity index (χ4v) is 7.36. The van der Waals surface area contributed by atoms with Crippen LogP contribution in [0.3, 0.4) is 0 Å². The van der Waals surface area contributed by atoms with Crippen LogP contribution in [0.5, 0.6) is 0 Å². The maximum Gasteiger partial charge on any atom is 0.407 e. The minimum atomic E-state index is -4.15. The number of rotatable bonds is 13. The SMILES string of the molecule is CC(C)CN(C[C@@H](O)[C@H](Cc1ccccc1)NC(=O)O[C@H]1CO[C@H]2OCC[C@H]21)S(=O)(=O)c1ccc2occ(CNC(=O)O)c2c1. The standard InChI is InChI=1S/C31H39N3O10S/c1-19(2)15-34(45(39,40)22-8-9-27-24(13-22)21(17-42-27)14-32-30(36)37)16-26(35)25(12-20-6-4-3-5-7-20)33-31(38)44-28-18-43-29-23(28)10-11-41-29/h3-9,13,17,19,23,25-26,28-29,32,35H,10-12,14-16,18H2,1-2H3,(H,33,38)(H,36,37)/t23-,25-,26+,28-,29+/m0/s1. The van der Waals surface area contributed by atoms with Gasteiger partial charge in [-0.2, -0.15) is 4.31 Å². The van der Waals surface area contributed by atoms with E-state index in [2.05, 4.69) is 10.6 Å². The molecule has 1 aromatic heterocycles. The molecule has 0 aliphatic carbocycles. The largest absolute Gasteiger partial charge is 0.465 e. The number of furan rings is 1. The summed E-state index contributed by atoms with van der Waals surface area (Å²) in [6.07, 6.45) is -1.83. The molecule has 2 aliphatic rings. The molecule has 0 unspecified atom stereocenters. The number of carbonyl (C=O) groups excluding carboxylic acids is 1. The van der Waals surface area contributed by atoms with Crippen molar-refractivity contribution in [1.29, 1.82) is 0 Å². The van der Waals surface area contributed by atoms with E-state index in [9.17, 15) is 23.1 Å². The molecule has 0 bridgehead atoms. The average Bonchev–Trinajstić information content (AvgIpc) is 3.73. The van der Waals surface area contributed by atoms with E-state index in [4.69, 9.17) is 23.7 Å². The zero-order valence-corrected chi connectivity index (χ0v) is 25.9. The maximum absolute atomic E-state index is 14.0. The van der Waals surface area contributed by atoms with Gasteiger partial charge < -0.3 is 39.5 Å². The van der Waals surface area contributed by atoms with E-state index in [1.165, 1.54) is 28.8 Å². The van der Waals surface area contributed by atoms with Crippen molar-refractivity contribution in [1.82, 2.24) is 14.9 Å². The van der Waals surface area contributed by atoms with Gasteiger partial charge in [0.1, 0.15) is 11.7 Å². The van der Waals surface area contributed by atoms with Crippen LogP contribution in [0.2, 0.25) is 0 Å². The quantitative estimate of drug-likeness (QED) is 0.216. The first-order valence-electron chi connectivity index (χ1n) is 14.9. The van der Waals surface area contributed by atoms with Gasteiger partial charge in [0, 0.05) is 30.6 Å². The van der Waals surface area contributed by atoms with Gasteiger partial charge in [-0.3, -0.25) is 0 Å². The summed E-state index contributed by atoms with van der Waals surface area (Å²) >= 11 is 0. The van der Waals surface area contributed by atoms with Crippen molar-refractivity contribution in [3.8, 4) is 0 Å². The van der Waals surface area contributed by atoms with E-state index in [0.29, 0.717) is 29.6 Å². The Morgan fingerprint density at radius 2 is 1.89 bits per heavy atom. The summed E-state index contributed by atoms with van der Waals surface area (Å²) in [5, 5.41) is 26.0. The highest BCUT2D eigenvalue weighted by molar-refractivity contribution is 7.89. The number of carbonyl (C=O) groups is 2. The summed E-state index contributed by atoms with van der Waals surface area (Å²) in [5.74, 6) is -0.151. The Morgan fingerprint density at radius 3 is 2.62 bits per heavy atom. The zero-order chi connectivity index (χ0) is 32.1. The topological polar surface area (TPSA) is 177 Å². The van der Waals surface area contributed by atoms with Crippen LogP contribution in [0.25, 0.3) is 11.0 Å². The number of hydrogen-bond acceptors (Lipinski definition) is 9. The van der Waals surface area contributed by atoms with Crippen molar-refractivity contribution >= 4 is 33.2 Å². The van der Waals surface area contributed by atoms with Gasteiger partial charge in [-0.15, -0.1) is 0 Å². The van der Waals surface area contributed by atoms with Gasteiger partial charge in [0.25, 0.3) is 0 Å². The predicted molar refractivity (Wildman–Crippen MR) is 162 cm³/mol. The van der Waals surface area contributed by atoms with Gasteiger partial charge in [0.05, 0.1) is 42.4 Å². The molecule has 14 heteroatoms. The summed E-state index contributed by atoms with van der Waals surface area (Å²) in [5.41, 5.74) is 1.72. The molecule has 13 nitrogen and oxygen atoms in total. The van der Waals surface area contributed by atoms with Crippen LogP contribution in [-0.2, 0) is 37.2 Å². The number of sulfonamides is 1. The normalized spacial score (nSPS) is 21.1. The molecule has 244 valence electrons. The molecule has 0 spiro atoms. The van der Waals surface area contributed by atoms with Crippen LogP contribution in [0.1, 0.15) is 31.4 Å². The van der Waals surface area contributed by atoms with Crippen LogP contribution < -0.4 is 10.6 Å². The molecular weight excluding hydrogens is 606 g/mol. The summed E-state index contributed by atoms with van der Waals surface area (Å²) in [7, 11) is -4.15. The highest BCUT2D eigenvalue weighted by atomic mass is 32.2. The number of fused-ring (bicyclic) bond motifs is 2. The number of benzene rings is 2. The van der Waals surface area contributed by atoms with Crippen molar-refractivity contribution in [2.75, 3.05) is 26.3 Å². The molecular formula is C31H39N3O10S. The Morgan fingerprint density at radius 1 is 1.11 bits per heavy atom. The van der Waals surface area contributed by atoms with Crippen molar-refractivity contribution in [2.24, 2.45) is 11.8 Å². The van der Waals surface area contributed by atoms with E-state index in [-0.39, 0.29) is 49.4 Å². The number of alkyl carbamates (subject to hydrolysis) is 1. The Labute approximate surface area is 261 Å². The van der Waals surface area contributed by atoms with E-state index < -0.39 is 46.7 Å². The lowest BCUT2D eigenvalue weighted by molar-refractivity contribution is -0.0907. The average molecular weight is 646 g/mol. The number of aliphatic hydroxyl groups is 1. The third-order valence-electron chi connectivity index (χ3n) is 7.96. The van der Waals surface area contributed by atoms with E-state index >= 15 is 0 Å². The van der Waals surface area contributed by atoms with Crippen LogP contribution in [0.15, 0.2) is 64.1 Å². The Kier molecular flexibility index (Phi) is 10.3. The number of aliphatic hydroxyl groups excluding tert-OH is 1. The Balaban J connectivity index is 1.36. The zero-order valence-electron chi connectivity index (χ0n) is 25.1. The van der Waals surface area contributed by atoms with Crippen molar-refractivity contribution in [3.05, 3.63) is 65.9 Å². The number of nitrogens with one attached hydrogen (secondary N) is 2. The number of ether oxygens (including phenoxy) is 3. The lowest BCUT2D eigenvalue weighted by Crippen LogP contribution is -2.51. The van der Waals surface area contributed by atoms with E-state index in [1.807, 2.05) is 44.2 Å². The lowest BCUT2D eigenvalue weighted by Gasteiger charge is -2.31. The first-order valence-corrected chi connectivity index (χ1v) is 16.3. The van der Waals surface area contributed by atoms with Crippen molar-refractivity contribution in [2.45, 2.75) is 62.7 Å². The number of hydrogen-bond donors (Lipinski definition) is 4. The first-order chi connectivity index (χ1) is 21.5. The van der Waals surface area contributed by atoms with E-state index in [0.717, 1.165) is 5.56 Å². The minimum absolute atomic E-state index is 0.0395. The summed E-state index contributed by atoms with van der Waals surface area (Å²) in [4.78, 5) is 24.0. The Bertz CT molecular complexity index is 1580. The molecule has 0 saturated carbocycles. The van der Waals surface area contributed by atoms with Gasteiger partial charge in [0.2, 0.25) is 10.0 Å². The van der Waals surface area contributed by atoms with Crippen LogP contribution in [-0.4, -0.2) is 86.0 Å². The molecule has 2 aliphatic heterocycles. The van der Waals surface area contributed by atoms with Crippen molar-refractivity contribution in [3.63, 3.8) is 0 Å². The monoisotopic (exact) mass is 645 g/mol. The smallest absolute Gasteiger partial charge is 0.407 e. The number of carboxylic acid groups (broad SMARTS) is 1. The molecule has 5 atom stereocenters. The number of amides is 2. The summed E-state index contributed by atoms with van der Waals surface area (Å²) in [6, 6.07) is 12.7. The predicted octanol–water partition coefficient (Wildman–Crippen LogP) is 3.31. The van der Waals surface area contributed by atoms with E-state index in [1.54, 1.807) is 0 Å². The van der Waals surface area contributed by atoms with Gasteiger partial charge in [-0.1, -0.05) is 44.2 Å².